The Kier molecular flexibility index (Phi) is 5.15. The van der Waals surface area contributed by atoms with Gasteiger partial charge in [-0.1, -0.05) is 11.6 Å². The highest BCUT2D eigenvalue weighted by Crippen LogP contribution is 2.19. The molecule has 2 aromatic rings. The van der Waals surface area contributed by atoms with E-state index in [-0.39, 0.29) is 5.97 Å². The maximum Gasteiger partial charge on any atom is 0.358 e. The third kappa shape index (κ3) is 3.65. The molecule has 0 bridgehead atoms. The summed E-state index contributed by atoms with van der Waals surface area (Å²) in [5, 5.41) is 4.00. The van der Waals surface area contributed by atoms with E-state index in [4.69, 9.17) is 16.3 Å². The summed E-state index contributed by atoms with van der Waals surface area (Å²) in [6, 6.07) is 3.59. The van der Waals surface area contributed by atoms with Crippen molar-refractivity contribution in [2.24, 2.45) is 0 Å². The van der Waals surface area contributed by atoms with Crippen LogP contribution in [0.4, 0.5) is 0 Å². The third-order valence-electron chi connectivity index (χ3n) is 3.96. The molecule has 23 heavy (non-hydrogen) atoms. The fourth-order valence-corrected chi connectivity index (χ4v) is 3.01. The summed E-state index contributed by atoms with van der Waals surface area (Å²) in [6.45, 7) is 6.69. The summed E-state index contributed by atoms with van der Waals surface area (Å²) in [7, 11) is 0. The van der Waals surface area contributed by atoms with Gasteiger partial charge in [0.05, 0.1) is 17.3 Å². The number of nitrogens with one attached hydrogen (secondary N) is 1. The highest BCUT2D eigenvalue weighted by molar-refractivity contribution is 6.30. The van der Waals surface area contributed by atoms with Crippen molar-refractivity contribution in [3.63, 3.8) is 0 Å². The van der Waals surface area contributed by atoms with Gasteiger partial charge in [-0.25, -0.2) is 9.78 Å². The summed E-state index contributed by atoms with van der Waals surface area (Å²) in [5.74, 6) is -0.379. The topological polar surface area (TPSA) is 58.9 Å². The largest absolute Gasteiger partial charge is 0.461 e. The molecule has 0 radical (unpaired) electrons. The van der Waals surface area contributed by atoms with Gasteiger partial charge >= 0.3 is 5.97 Å². The molecule has 1 aliphatic rings. The number of carbonyl (C=O) groups is 1. The second-order valence-corrected chi connectivity index (χ2v) is 6.02. The van der Waals surface area contributed by atoms with Crippen molar-refractivity contribution in [3.8, 4) is 0 Å². The Morgan fingerprint density at radius 3 is 3.09 bits per heavy atom. The second-order valence-electron chi connectivity index (χ2n) is 5.58. The number of imidazole rings is 1. The van der Waals surface area contributed by atoms with Gasteiger partial charge in [0.15, 0.2) is 5.69 Å². The number of pyridine rings is 1. The van der Waals surface area contributed by atoms with E-state index in [1.807, 2.05) is 10.5 Å². The van der Waals surface area contributed by atoms with Crippen LogP contribution in [0.1, 0.15) is 29.5 Å². The van der Waals surface area contributed by atoms with Gasteiger partial charge < -0.3 is 14.5 Å². The Morgan fingerprint density at radius 1 is 1.39 bits per heavy atom. The van der Waals surface area contributed by atoms with Crippen LogP contribution in [-0.4, -0.2) is 53.0 Å². The van der Waals surface area contributed by atoms with Crippen molar-refractivity contribution in [2.45, 2.75) is 19.9 Å². The van der Waals surface area contributed by atoms with Crippen LogP contribution in [0.3, 0.4) is 0 Å². The fraction of sp³-hybridized carbons (Fsp3) is 0.500. The maximum absolute atomic E-state index is 12.3. The van der Waals surface area contributed by atoms with Gasteiger partial charge in [-0.2, -0.15) is 0 Å². The molecule has 0 aromatic carbocycles. The fourth-order valence-electron chi connectivity index (χ4n) is 2.85. The molecule has 1 saturated heterocycles. The molecule has 7 heteroatoms. The molecule has 0 atom stereocenters. The van der Waals surface area contributed by atoms with Crippen molar-refractivity contribution in [1.29, 1.82) is 0 Å². The Hall–Kier alpha value is -1.63. The van der Waals surface area contributed by atoms with Crippen LogP contribution in [0.2, 0.25) is 5.02 Å². The Labute approximate surface area is 140 Å². The van der Waals surface area contributed by atoms with Crippen molar-refractivity contribution < 1.29 is 9.53 Å². The lowest BCUT2D eigenvalue weighted by atomic mass is 10.2. The van der Waals surface area contributed by atoms with E-state index in [9.17, 15) is 4.79 Å². The highest BCUT2D eigenvalue weighted by atomic mass is 35.5. The van der Waals surface area contributed by atoms with Crippen LogP contribution in [0.5, 0.6) is 0 Å². The molecule has 0 spiro atoms. The average Bonchev–Trinajstić information content (AvgIpc) is 2.71. The van der Waals surface area contributed by atoms with Gasteiger partial charge in [0.2, 0.25) is 0 Å². The average molecular weight is 337 g/mol. The number of aromatic nitrogens is 2. The lowest BCUT2D eigenvalue weighted by Crippen LogP contribution is -2.29. The Balaban J connectivity index is 1.98. The van der Waals surface area contributed by atoms with Crippen LogP contribution < -0.4 is 5.32 Å². The van der Waals surface area contributed by atoms with Crippen LogP contribution in [-0.2, 0) is 11.3 Å². The molecule has 124 valence electrons. The van der Waals surface area contributed by atoms with Gasteiger partial charge in [-0.3, -0.25) is 4.90 Å². The molecule has 1 fully saturated rings. The molecule has 3 heterocycles. The Morgan fingerprint density at radius 2 is 2.26 bits per heavy atom. The first kappa shape index (κ1) is 16.2. The summed E-state index contributed by atoms with van der Waals surface area (Å²) in [6.07, 6.45) is 2.89. The predicted molar refractivity (Wildman–Crippen MR) is 88.9 cm³/mol. The van der Waals surface area contributed by atoms with Gasteiger partial charge in [0.25, 0.3) is 0 Å². The zero-order chi connectivity index (χ0) is 16.2. The zero-order valence-corrected chi connectivity index (χ0v) is 14.0. The normalized spacial score (nSPS) is 16.4. The molecule has 0 unspecified atom stereocenters. The standard InChI is InChI=1S/C16H21ClN4O2/c1-2-23-16(22)15-13(11-20-8-3-6-18-7-9-20)21-10-12(17)4-5-14(21)19-15/h4-5,10,18H,2-3,6-9,11H2,1H3. The maximum atomic E-state index is 12.3. The van der Waals surface area contributed by atoms with E-state index in [0.29, 0.717) is 29.5 Å². The summed E-state index contributed by atoms with van der Waals surface area (Å²) < 4.78 is 7.06. The number of fused-ring (bicyclic) bond motifs is 1. The number of hydrogen-bond donors (Lipinski definition) is 1. The molecular formula is C16H21ClN4O2. The third-order valence-corrected chi connectivity index (χ3v) is 4.18. The lowest BCUT2D eigenvalue weighted by molar-refractivity contribution is 0.0517. The molecule has 6 nitrogen and oxygen atoms in total. The number of rotatable bonds is 4. The van der Waals surface area contributed by atoms with Crippen LogP contribution in [0.15, 0.2) is 18.3 Å². The van der Waals surface area contributed by atoms with Gasteiger partial charge in [0, 0.05) is 25.8 Å². The quantitative estimate of drug-likeness (QED) is 0.865. The second kappa shape index (κ2) is 7.29. The predicted octanol–water partition coefficient (Wildman–Crippen LogP) is 1.96. The van der Waals surface area contributed by atoms with Gasteiger partial charge in [-0.05, 0) is 38.6 Å². The van der Waals surface area contributed by atoms with E-state index >= 15 is 0 Å². The smallest absolute Gasteiger partial charge is 0.358 e. The van der Waals surface area contributed by atoms with Crippen LogP contribution in [0.25, 0.3) is 5.65 Å². The monoisotopic (exact) mass is 336 g/mol. The van der Waals surface area contributed by atoms with Crippen molar-refractivity contribution in [1.82, 2.24) is 19.6 Å². The highest BCUT2D eigenvalue weighted by Gasteiger charge is 2.22. The first-order chi connectivity index (χ1) is 11.2. The molecule has 1 N–H and O–H groups in total. The van der Waals surface area contributed by atoms with E-state index < -0.39 is 0 Å². The molecule has 0 aliphatic carbocycles. The summed E-state index contributed by atoms with van der Waals surface area (Å²) in [5.41, 5.74) is 1.93. The first-order valence-electron chi connectivity index (χ1n) is 7.95. The molecule has 0 amide bonds. The van der Waals surface area contributed by atoms with Crippen molar-refractivity contribution >= 4 is 23.2 Å². The van der Waals surface area contributed by atoms with Gasteiger partial charge in [-0.15, -0.1) is 0 Å². The van der Waals surface area contributed by atoms with E-state index in [1.165, 1.54) is 0 Å². The van der Waals surface area contributed by atoms with Crippen molar-refractivity contribution in [2.75, 3.05) is 32.8 Å². The number of halogens is 1. The first-order valence-corrected chi connectivity index (χ1v) is 8.33. The number of nitrogens with zero attached hydrogens (tertiary/aromatic N) is 3. The SMILES string of the molecule is CCOC(=O)c1nc2ccc(Cl)cn2c1CN1CCCNCC1. The molecular weight excluding hydrogens is 316 g/mol. The van der Waals surface area contributed by atoms with E-state index in [2.05, 4.69) is 15.2 Å². The minimum atomic E-state index is -0.379. The number of carbonyl (C=O) groups excluding carboxylic acids is 1. The minimum Gasteiger partial charge on any atom is -0.461 e. The molecule has 2 aromatic heterocycles. The summed E-state index contributed by atoms with van der Waals surface area (Å²) >= 11 is 6.12. The van der Waals surface area contributed by atoms with E-state index in [0.717, 1.165) is 38.3 Å². The Bertz CT molecular complexity index is 693. The van der Waals surface area contributed by atoms with Crippen LogP contribution >= 0.6 is 11.6 Å². The van der Waals surface area contributed by atoms with Crippen LogP contribution in [0, 0.1) is 0 Å². The van der Waals surface area contributed by atoms with E-state index in [1.54, 1.807) is 19.2 Å². The zero-order valence-electron chi connectivity index (χ0n) is 13.2. The summed E-state index contributed by atoms with van der Waals surface area (Å²) in [4.78, 5) is 19.0. The molecule has 0 saturated carbocycles. The number of hydrogen-bond acceptors (Lipinski definition) is 5. The number of esters is 1. The lowest BCUT2D eigenvalue weighted by Gasteiger charge is -2.19. The molecule has 3 rings (SSSR count). The van der Waals surface area contributed by atoms with Gasteiger partial charge in [0.1, 0.15) is 5.65 Å². The number of ether oxygens (including phenoxy) is 1. The minimum absolute atomic E-state index is 0.334. The van der Waals surface area contributed by atoms with Crippen molar-refractivity contribution in [3.05, 3.63) is 34.7 Å². The molecule has 1 aliphatic heterocycles.